The van der Waals surface area contributed by atoms with Crippen LogP contribution in [0.25, 0.3) is 0 Å². The molecule has 0 fully saturated rings. The van der Waals surface area contributed by atoms with Gasteiger partial charge in [-0.1, -0.05) is 29.8 Å². The lowest BCUT2D eigenvalue weighted by atomic mass is 10.1. The van der Waals surface area contributed by atoms with Crippen LogP contribution >= 0.6 is 27.3 Å². The largest absolute Gasteiger partial charge is 0.245 e. The first-order valence-corrected chi connectivity index (χ1v) is 5.71. The smallest absolute Gasteiger partial charge is 0.0931 e. The van der Waals surface area contributed by atoms with Crippen molar-refractivity contribution in [3.8, 4) is 0 Å². The minimum absolute atomic E-state index is 0.712. The van der Waals surface area contributed by atoms with Crippen molar-refractivity contribution in [2.24, 2.45) is 5.92 Å². The summed E-state index contributed by atoms with van der Waals surface area (Å²) in [7, 11) is 0. The second-order valence-corrected chi connectivity index (χ2v) is 4.47. The van der Waals surface area contributed by atoms with Gasteiger partial charge in [-0.25, -0.2) is 4.98 Å². The first-order chi connectivity index (χ1) is 5.22. The van der Waals surface area contributed by atoms with Gasteiger partial charge in [0.1, 0.15) is 0 Å². The highest BCUT2D eigenvalue weighted by Gasteiger charge is 2.02. The van der Waals surface area contributed by atoms with Crippen molar-refractivity contribution in [1.29, 1.82) is 0 Å². The summed E-state index contributed by atoms with van der Waals surface area (Å²) < 4.78 is 0. The summed E-state index contributed by atoms with van der Waals surface area (Å²) in [5.41, 5.74) is 1.16. The van der Waals surface area contributed by atoms with Gasteiger partial charge in [0.05, 0.1) is 10.7 Å². The average molecular weight is 234 g/mol. The summed E-state index contributed by atoms with van der Waals surface area (Å²) in [5, 5.41) is 4.25. The molecule has 0 spiro atoms. The highest BCUT2D eigenvalue weighted by atomic mass is 79.9. The first kappa shape index (κ1) is 9.20. The van der Waals surface area contributed by atoms with E-state index in [1.807, 2.05) is 0 Å². The molecule has 0 amide bonds. The number of hydrogen-bond acceptors (Lipinski definition) is 2. The molecular weight excluding hydrogens is 222 g/mol. The molecule has 0 bridgehead atoms. The summed E-state index contributed by atoms with van der Waals surface area (Å²) >= 11 is 5.14. The van der Waals surface area contributed by atoms with Gasteiger partial charge < -0.3 is 0 Å². The number of halogens is 1. The van der Waals surface area contributed by atoms with Crippen LogP contribution in [0.15, 0.2) is 5.38 Å². The molecule has 0 saturated carbocycles. The van der Waals surface area contributed by atoms with E-state index < -0.39 is 0 Å². The van der Waals surface area contributed by atoms with E-state index in [9.17, 15) is 0 Å². The quantitative estimate of drug-likeness (QED) is 0.731. The third-order valence-corrected chi connectivity index (χ3v) is 2.81. The van der Waals surface area contributed by atoms with E-state index in [0.29, 0.717) is 5.92 Å². The Morgan fingerprint density at radius 1 is 1.64 bits per heavy atom. The number of rotatable bonds is 3. The summed E-state index contributed by atoms with van der Waals surface area (Å²) in [4.78, 5) is 4.44. The van der Waals surface area contributed by atoms with Crippen LogP contribution in [-0.4, -0.2) is 4.98 Å². The monoisotopic (exact) mass is 233 g/mol. The van der Waals surface area contributed by atoms with Crippen molar-refractivity contribution in [2.45, 2.75) is 25.6 Å². The normalized spacial score (nSPS) is 10.9. The van der Waals surface area contributed by atoms with Crippen LogP contribution < -0.4 is 0 Å². The molecule has 0 saturated heterocycles. The van der Waals surface area contributed by atoms with Crippen LogP contribution in [0, 0.1) is 5.92 Å². The molecule has 0 N–H and O–H groups in total. The molecule has 1 aromatic heterocycles. The number of alkyl halides is 1. The maximum absolute atomic E-state index is 4.44. The van der Waals surface area contributed by atoms with Gasteiger partial charge in [-0.05, 0) is 5.92 Å². The predicted octanol–water partition coefficient (Wildman–Crippen LogP) is 3.24. The summed E-state index contributed by atoms with van der Waals surface area (Å²) in [6, 6.07) is 0. The van der Waals surface area contributed by atoms with E-state index in [4.69, 9.17) is 0 Å². The zero-order valence-electron chi connectivity index (χ0n) is 6.80. The van der Waals surface area contributed by atoms with E-state index in [0.717, 1.165) is 17.4 Å². The summed E-state index contributed by atoms with van der Waals surface area (Å²) in [5.74, 6) is 0.712. The number of nitrogens with zero attached hydrogens (tertiary/aromatic N) is 1. The maximum Gasteiger partial charge on any atom is 0.0931 e. The molecular formula is C8H12BrNS. The van der Waals surface area contributed by atoms with Gasteiger partial charge in [0.15, 0.2) is 0 Å². The van der Waals surface area contributed by atoms with Crippen LogP contribution in [0.4, 0.5) is 0 Å². The lowest BCUT2D eigenvalue weighted by Crippen LogP contribution is -1.92. The molecule has 62 valence electrons. The lowest BCUT2D eigenvalue weighted by Gasteiger charge is -1.97. The molecule has 0 unspecified atom stereocenters. The van der Waals surface area contributed by atoms with E-state index in [1.165, 1.54) is 5.01 Å². The molecule has 0 radical (unpaired) electrons. The van der Waals surface area contributed by atoms with Gasteiger partial charge >= 0.3 is 0 Å². The fourth-order valence-corrected chi connectivity index (χ4v) is 2.36. The predicted molar refractivity (Wildman–Crippen MR) is 53.3 cm³/mol. The number of thiazole rings is 1. The Labute approximate surface area is 80.0 Å². The average Bonchev–Trinajstić information content (AvgIpc) is 2.34. The van der Waals surface area contributed by atoms with Crippen molar-refractivity contribution >= 4 is 27.3 Å². The molecule has 1 nitrogen and oxygen atoms in total. The van der Waals surface area contributed by atoms with Crippen LogP contribution in [0.3, 0.4) is 0 Å². The van der Waals surface area contributed by atoms with Crippen molar-refractivity contribution < 1.29 is 0 Å². The minimum Gasteiger partial charge on any atom is -0.245 e. The van der Waals surface area contributed by atoms with Gasteiger partial charge in [0, 0.05) is 17.1 Å². The fourth-order valence-electron chi connectivity index (χ4n) is 0.853. The highest BCUT2D eigenvalue weighted by Crippen LogP contribution is 2.15. The third-order valence-electron chi connectivity index (χ3n) is 1.32. The lowest BCUT2D eigenvalue weighted by molar-refractivity contribution is 0.643. The molecule has 3 heteroatoms. The van der Waals surface area contributed by atoms with Crippen molar-refractivity contribution in [3.63, 3.8) is 0 Å². The Morgan fingerprint density at radius 2 is 2.36 bits per heavy atom. The van der Waals surface area contributed by atoms with Gasteiger partial charge in [0.25, 0.3) is 0 Å². The Morgan fingerprint density at radius 3 is 2.82 bits per heavy atom. The zero-order valence-corrected chi connectivity index (χ0v) is 9.20. The molecule has 1 rings (SSSR count). The molecule has 11 heavy (non-hydrogen) atoms. The summed E-state index contributed by atoms with van der Waals surface area (Å²) in [6.07, 6.45) is 1.11. The Hall–Kier alpha value is 0.110. The van der Waals surface area contributed by atoms with Crippen LogP contribution in [0.1, 0.15) is 24.5 Å². The van der Waals surface area contributed by atoms with E-state index in [2.05, 4.69) is 40.1 Å². The molecule has 0 aliphatic carbocycles. The van der Waals surface area contributed by atoms with Crippen LogP contribution in [0.5, 0.6) is 0 Å². The van der Waals surface area contributed by atoms with E-state index >= 15 is 0 Å². The maximum atomic E-state index is 4.44. The Bertz CT molecular complexity index is 220. The molecule has 0 aliphatic rings. The summed E-state index contributed by atoms with van der Waals surface area (Å²) in [6.45, 7) is 4.43. The molecule has 1 aromatic rings. The minimum atomic E-state index is 0.712. The molecule has 1 heterocycles. The number of hydrogen-bond donors (Lipinski definition) is 0. The Kier molecular flexibility index (Phi) is 3.52. The van der Waals surface area contributed by atoms with Crippen molar-refractivity contribution in [1.82, 2.24) is 4.98 Å². The fraction of sp³-hybridized carbons (Fsp3) is 0.625. The van der Waals surface area contributed by atoms with Gasteiger partial charge in [0.2, 0.25) is 0 Å². The Balaban J connectivity index is 2.58. The second-order valence-electron chi connectivity index (χ2n) is 2.96. The van der Waals surface area contributed by atoms with Crippen molar-refractivity contribution in [3.05, 3.63) is 16.1 Å². The van der Waals surface area contributed by atoms with Gasteiger partial charge in [-0.15, -0.1) is 11.3 Å². The third kappa shape index (κ3) is 2.91. The SMILES string of the molecule is CC(C)Cc1nc(CBr)cs1. The zero-order chi connectivity index (χ0) is 8.27. The topological polar surface area (TPSA) is 12.9 Å². The van der Waals surface area contributed by atoms with Crippen molar-refractivity contribution in [2.75, 3.05) is 0 Å². The number of aromatic nitrogens is 1. The molecule has 0 aliphatic heterocycles. The molecule has 0 aromatic carbocycles. The standard InChI is InChI=1S/C8H12BrNS/c1-6(2)3-8-10-7(4-9)5-11-8/h5-6H,3-4H2,1-2H3. The van der Waals surface area contributed by atoms with E-state index in [-0.39, 0.29) is 0 Å². The molecule has 0 atom stereocenters. The highest BCUT2D eigenvalue weighted by molar-refractivity contribution is 9.08. The second kappa shape index (κ2) is 4.21. The van der Waals surface area contributed by atoms with Crippen LogP contribution in [0.2, 0.25) is 0 Å². The van der Waals surface area contributed by atoms with Gasteiger partial charge in [-0.2, -0.15) is 0 Å². The van der Waals surface area contributed by atoms with E-state index in [1.54, 1.807) is 11.3 Å². The van der Waals surface area contributed by atoms with Gasteiger partial charge in [-0.3, -0.25) is 0 Å². The first-order valence-electron chi connectivity index (χ1n) is 3.71. The van der Waals surface area contributed by atoms with Crippen LogP contribution in [-0.2, 0) is 11.8 Å².